The van der Waals surface area contributed by atoms with Gasteiger partial charge in [0.2, 0.25) is 0 Å². The van der Waals surface area contributed by atoms with Gasteiger partial charge >= 0.3 is 0 Å². The van der Waals surface area contributed by atoms with Gasteiger partial charge in [0.05, 0.1) is 11.3 Å². The molecule has 3 heteroatoms. The average molecular weight is 219 g/mol. The topological polar surface area (TPSA) is 33.1 Å². The summed E-state index contributed by atoms with van der Waals surface area (Å²) in [6.45, 7) is 3.56. The van der Waals surface area contributed by atoms with Crippen molar-refractivity contribution in [2.45, 2.75) is 19.4 Å². The van der Waals surface area contributed by atoms with Crippen LogP contribution in [0.1, 0.15) is 19.4 Å². The molecule has 0 radical (unpaired) electrons. The molecule has 0 unspecified atom stereocenters. The van der Waals surface area contributed by atoms with Crippen LogP contribution in [0, 0.1) is 0 Å². The van der Waals surface area contributed by atoms with Crippen molar-refractivity contribution in [1.29, 1.82) is 0 Å². The molecule has 0 bridgehead atoms. The van der Waals surface area contributed by atoms with Crippen molar-refractivity contribution in [2.75, 3.05) is 0 Å². The molecule has 1 N–H and O–H groups in total. The van der Waals surface area contributed by atoms with E-state index in [0.29, 0.717) is 0 Å². The summed E-state index contributed by atoms with van der Waals surface area (Å²) in [4.78, 5) is 0. The van der Waals surface area contributed by atoms with E-state index in [0.717, 1.165) is 16.8 Å². The number of hydrogen-bond donors (Lipinski definition) is 1. The van der Waals surface area contributed by atoms with Crippen molar-refractivity contribution in [1.82, 2.24) is 4.37 Å². The highest BCUT2D eigenvalue weighted by Crippen LogP contribution is 2.31. The molecule has 0 aliphatic carbocycles. The van der Waals surface area contributed by atoms with Gasteiger partial charge in [0.15, 0.2) is 0 Å². The Morgan fingerprint density at radius 3 is 2.47 bits per heavy atom. The molecule has 1 heterocycles. The van der Waals surface area contributed by atoms with E-state index in [-0.39, 0.29) is 0 Å². The second-order valence-electron chi connectivity index (χ2n) is 4.00. The first-order chi connectivity index (χ1) is 7.09. The summed E-state index contributed by atoms with van der Waals surface area (Å²) in [5.74, 6) is 0. The Balaban J connectivity index is 2.51. The Kier molecular flexibility index (Phi) is 2.59. The van der Waals surface area contributed by atoms with Gasteiger partial charge in [-0.2, -0.15) is 4.37 Å². The molecule has 15 heavy (non-hydrogen) atoms. The highest BCUT2D eigenvalue weighted by atomic mass is 32.1. The monoisotopic (exact) mass is 219 g/mol. The zero-order valence-corrected chi connectivity index (χ0v) is 9.58. The first-order valence-electron chi connectivity index (χ1n) is 4.81. The van der Waals surface area contributed by atoms with Crippen LogP contribution in [-0.4, -0.2) is 9.48 Å². The minimum Gasteiger partial charge on any atom is -0.386 e. The number of nitrogens with zero attached hydrogens (tertiary/aromatic N) is 1. The largest absolute Gasteiger partial charge is 0.386 e. The van der Waals surface area contributed by atoms with Crippen molar-refractivity contribution in [3.63, 3.8) is 0 Å². The fraction of sp³-hybridized carbons (Fsp3) is 0.250. The lowest BCUT2D eigenvalue weighted by Crippen LogP contribution is -2.15. The smallest absolute Gasteiger partial charge is 0.0901 e. The standard InChI is InChI=1S/C12H13NOS/c1-12(2,14)10-8-15-13-11(10)9-6-4-3-5-7-9/h3-8,14H,1-2H3. The van der Waals surface area contributed by atoms with Crippen molar-refractivity contribution in [3.8, 4) is 11.3 Å². The summed E-state index contributed by atoms with van der Waals surface area (Å²) in [6, 6.07) is 9.93. The molecular formula is C12H13NOS. The first kappa shape index (κ1) is 10.3. The number of aliphatic hydroxyl groups is 1. The predicted molar refractivity (Wildman–Crippen MR) is 62.8 cm³/mol. The Hall–Kier alpha value is -1.19. The molecular weight excluding hydrogens is 206 g/mol. The second-order valence-corrected chi connectivity index (χ2v) is 4.63. The summed E-state index contributed by atoms with van der Waals surface area (Å²) >= 11 is 1.38. The Bertz CT molecular complexity index is 442. The van der Waals surface area contributed by atoms with Crippen LogP contribution < -0.4 is 0 Å². The van der Waals surface area contributed by atoms with Gasteiger partial charge in [-0.05, 0) is 25.4 Å². The van der Waals surface area contributed by atoms with Gasteiger partial charge in [-0.1, -0.05) is 30.3 Å². The van der Waals surface area contributed by atoms with E-state index in [1.807, 2.05) is 35.7 Å². The maximum Gasteiger partial charge on any atom is 0.0901 e. The number of rotatable bonds is 2. The summed E-state index contributed by atoms with van der Waals surface area (Å²) in [6.07, 6.45) is 0. The van der Waals surface area contributed by atoms with Crippen LogP contribution >= 0.6 is 11.5 Å². The van der Waals surface area contributed by atoms with Crippen LogP contribution in [0.3, 0.4) is 0 Å². The van der Waals surface area contributed by atoms with Crippen LogP contribution in [0.15, 0.2) is 35.7 Å². The Labute approximate surface area is 93.4 Å². The van der Waals surface area contributed by atoms with Crippen molar-refractivity contribution in [3.05, 3.63) is 41.3 Å². The van der Waals surface area contributed by atoms with Crippen LogP contribution in [-0.2, 0) is 5.60 Å². The Morgan fingerprint density at radius 2 is 1.87 bits per heavy atom. The molecule has 0 aliphatic heterocycles. The molecule has 1 aromatic heterocycles. The summed E-state index contributed by atoms with van der Waals surface area (Å²) in [5, 5.41) is 11.9. The van der Waals surface area contributed by atoms with E-state index >= 15 is 0 Å². The molecule has 0 atom stereocenters. The third-order valence-corrected chi connectivity index (χ3v) is 2.91. The fourth-order valence-corrected chi connectivity index (χ4v) is 2.34. The highest BCUT2D eigenvalue weighted by molar-refractivity contribution is 7.04. The molecule has 0 amide bonds. The molecule has 2 rings (SSSR count). The van der Waals surface area contributed by atoms with E-state index in [4.69, 9.17) is 0 Å². The first-order valence-corrected chi connectivity index (χ1v) is 5.65. The summed E-state index contributed by atoms with van der Waals surface area (Å²) in [7, 11) is 0. The zero-order valence-electron chi connectivity index (χ0n) is 8.77. The van der Waals surface area contributed by atoms with Gasteiger partial charge in [0.1, 0.15) is 0 Å². The minimum atomic E-state index is -0.835. The lowest BCUT2D eigenvalue weighted by molar-refractivity contribution is 0.0795. The van der Waals surface area contributed by atoms with E-state index in [9.17, 15) is 5.11 Å². The van der Waals surface area contributed by atoms with Gasteiger partial charge < -0.3 is 5.11 Å². The van der Waals surface area contributed by atoms with Crippen LogP contribution in [0.25, 0.3) is 11.3 Å². The van der Waals surface area contributed by atoms with Gasteiger partial charge in [0, 0.05) is 16.5 Å². The average Bonchev–Trinajstić information content (AvgIpc) is 2.67. The maximum absolute atomic E-state index is 9.99. The van der Waals surface area contributed by atoms with Gasteiger partial charge in [-0.15, -0.1) is 0 Å². The molecule has 2 nitrogen and oxygen atoms in total. The molecule has 0 aliphatic rings. The van der Waals surface area contributed by atoms with Crippen molar-refractivity contribution < 1.29 is 5.11 Å². The second kappa shape index (κ2) is 3.76. The van der Waals surface area contributed by atoms with E-state index in [1.54, 1.807) is 13.8 Å². The lowest BCUT2D eigenvalue weighted by Gasteiger charge is -2.17. The summed E-state index contributed by atoms with van der Waals surface area (Å²) < 4.78 is 4.33. The van der Waals surface area contributed by atoms with Crippen LogP contribution in [0.5, 0.6) is 0 Å². The molecule has 0 saturated carbocycles. The van der Waals surface area contributed by atoms with Gasteiger partial charge in [0.25, 0.3) is 0 Å². The highest BCUT2D eigenvalue weighted by Gasteiger charge is 2.22. The SMILES string of the molecule is CC(C)(O)c1csnc1-c1ccccc1. The zero-order chi connectivity index (χ0) is 10.9. The third-order valence-electron chi connectivity index (χ3n) is 2.28. The minimum absolute atomic E-state index is 0.835. The molecule has 0 spiro atoms. The quantitative estimate of drug-likeness (QED) is 0.842. The van der Waals surface area contributed by atoms with E-state index in [2.05, 4.69) is 4.37 Å². The number of hydrogen-bond acceptors (Lipinski definition) is 3. The summed E-state index contributed by atoms with van der Waals surface area (Å²) in [5.41, 5.74) is 1.99. The normalized spacial score (nSPS) is 11.7. The van der Waals surface area contributed by atoms with E-state index < -0.39 is 5.60 Å². The number of aromatic nitrogens is 1. The lowest BCUT2D eigenvalue weighted by atomic mass is 9.96. The molecule has 78 valence electrons. The fourth-order valence-electron chi connectivity index (χ4n) is 1.47. The molecule has 0 saturated heterocycles. The van der Waals surface area contributed by atoms with Gasteiger partial charge in [-0.3, -0.25) is 0 Å². The maximum atomic E-state index is 9.99. The molecule has 0 fully saturated rings. The van der Waals surface area contributed by atoms with Gasteiger partial charge in [-0.25, -0.2) is 0 Å². The third kappa shape index (κ3) is 2.08. The van der Waals surface area contributed by atoms with Crippen molar-refractivity contribution in [2.24, 2.45) is 0 Å². The Morgan fingerprint density at radius 1 is 1.20 bits per heavy atom. The number of benzene rings is 1. The van der Waals surface area contributed by atoms with Crippen molar-refractivity contribution >= 4 is 11.5 Å². The van der Waals surface area contributed by atoms with Crippen LogP contribution in [0.2, 0.25) is 0 Å². The molecule has 1 aromatic carbocycles. The van der Waals surface area contributed by atoms with E-state index in [1.165, 1.54) is 11.5 Å². The van der Waals surface area contributed by atoms with Crippen LogP contribution in [0.4, 0.5) is 0 Å². The molecule has 2 aromatic rings. The predicted octanol–water partition coefficient (Wildman–Crippen LogP) is 3.04.